The molecule has 0 saturated heterocycles. The first-order valence-electron chi connectivity index (χ1n) is 4.60. The number of amides is 2. The SMILES string of the molecule is CNC(=O)Nc1ccccc1C=CC[O]. The fourth-order valence-electron chi connectivity index (χ4n) is 1.12. The van der Waals surface area contributed by atoms with Crippen molar-refractivity contribution in [3.63, 3.8) is 0 Å². The predicted molar refractivity (Wildman–Crippen MR) is 59.1 cm³/mol. The highest BCUT2D eigenvalue weighted by Crippen LogP contribution is 2.16. The van der Waals surface area contributed by atoms with E-state index in [0.29, 0.717) is 5.69 Å². The number of anilines is 1. The van der Waals surface area contributed by atoms with Gasteiger partial charge in [-0.25, -0.2) is 9.90 Å². The molecular formula is C11H13N2O2. The van der Waals surface area contributed by atoms with Crippen LogP contribution in [0.2, 0.25) is 0 Å². The number of nitrogens with one attached hydrogen (secondary N) is 2. The minimum absolute atomic E-state index is 0.270. The van der Waals surface area contributed by atoms with Crippen LogP contribution in [0.5, 0.6) is 0 Å². The molecule has 0 unspecified atom stereocenters. The molecule has 4 nitrogen and oxygen atoms in total. The zero-order valence-corrected chi connectivity index (χ0v) is 8.49. The summed E-state index contributed by atoms with van der Waals surface area (Å²) in [6.07, 6.45) is 3.20. The van der Waals surface area contributed by atoms with Crippen molar-refractivity contribution in [3.05, 3.63) is 35.9 Å². The Bertz CT molecular complexity index is 361. The molecule has 0 heterocycles. The smallest absolute Gasteiger partial charge is 0.318 e. The maximum absolute atomic E-state index is 11.1. The molecule has 79 valence electrons. The van der Waals surface area contributed by atoms with Gasteiger partial charge < -0.3 is 10.6 Å². The summed E-state index contributed by atoms with van der Waals surface area (Å²) in [5.74, 6) is 0. The Morgan fingerprint density at radius 1 is 1.40 bits per heavy atom. The van der Waals surface area contributed by atoms with Crippen LogP contribution in [0.25, 0.3) is 6.08 Å². The Hall–Kier alpha value is -1.81. The molecule has 0 fully saturated rings. The van der Waals surface area contributed by atoms with Gasteiger partial charge in [-0.3, -0.25) is 0 Å². The summed E-state index contributed by atoms with van der Waals surface area (Å²) in [6, 6.07) is 6.99. The number of hydrogen-bond acceptors (Lipinski definition) is 1. The topological polar surface area (TPSA) is 61.0 Å². The molecular weight excluding hydrogens is 192 g/mol. The average molecular weight is 205 g/mol. The van der Waals surface area contributed by atoms with Gasteiger partial charge in [-0.05, 0) is 11.6 Å². The van der Waals surface area contributed by atoms with Gasteiger partial charge in [0.25, 0.3) is 0 Å². The Kier molecular flexibility index (Phi) is 4.37. The predicted octanol–water partition coefficient (Wildman–Crippen LogP) is 1.88. The van der Waals surface area contributed by atoms with E-state index in [1.807, 2.05) is 18.2 Å². The molecule has 0 bridgehead atoms. The van der Waals surface area contributed by atoms with E-state index in [4.69, 9.17) is 0 Å². The third kappa shape index (κ3) is 3.44. The van der Waals surface area contributed by atoms with Crippen molar-refractivity contribution in [2.75, 3.05) is 19.0 Å². The molecule has 0 saturated carbocycles. The number of hydrogen-bond donors (Lipinski definition) is 2. The van der Waals surface area contributed by atoms with Crippen molar-refractivity contribution >= 4 is 17.8 Å². The molecule has 0 aliphatic heterocycles. The highest BCUT2D eigenvalue weighted by molar-refractivity contribution is 5.91. The average Bonchev–Trinajstić information content (AvgIpc) is 2.28. The first-order valence-corrected chi connectivity index (χ1v) is 4.60. The summed E-state index contributed by atoms with van der Waals surface area (Å²) in [7, 11) is 1.55. The van der Waals surface area contributed by atoms with E-state index in [-0.39, 0.29) is 12.6 Å². The summed E-state index contributed by atoms with van der Waals surface area (Å²) in [5, 5.41) is 15.4. The Morgan fingerprint density at radius 2 is 2.13 bits per heavy atom. The van der Waals surface area contributed by atoms with Crippen molar-refractivity contribution in [2.24, 2.45) is 0 Å². The highest BCUT2D eigenvalue weighted by Gasteiger charge is 2.01. The second kappa shape index (κ2) is 5.82. The number of para-hydroxylation sites is 1. The molecule has 15 heavy (non-hydrogen) atoms. The van der Waals surface area contributed by atoms with E-state index in [0.717, 1.165) is 5.56 Å². The summed E-state index contributed by atoms with van der Waals surface area (Å²) < 4.78 is 0. The minimum atomic E-state index is -0.280. The fourth-order valence-corrected chi connectivity index (χ4v) is 1.12. The molecule has 0 spiro atoms. The molecule has 0 aliphatic rings. The van der Waals surface area contributed by atoms with E-state index in [1.165, 1.54) is 6.08 Å². The Balaban J connectivity index is 2.86. The van der Waals surface area contributed by atoms with E-state index in [2.05, 4.69) is 10.6 Å². The third-order valence-electron chi connectivity index (χ3n) is 1.83. The van der Waals surface area contributed by atoms with Crippen molar-refractivity contribution in [3.8, 4) is 0 Å². The van der Waals surface area contributed by atoms with Crippen molar-refractivity contribution in [1.29, 1.82) is 0 Å². The Labute approximate surface area is 88.6 Å². The van der Waals surface area contributed by atoms with Gasteiger partial charge in [-0.2, -0.15) is 0 Å². The molecule has 0 aromatic heterocycles. The second-order valence-electron chi connectivity index (χ2n) is 2.86. The molecule has 4 heteroatoms. The number of benzene rings is 1. The largest absolute Gasteiger partial charge is 0.341 e. The monoisotopic (exact) mass is 205 g/mol. The molecule has 1 aromatic rings. The lowest BCUT2D eigenvalue weighted by molar-refractivity contribution is 0.233. The van der Waals surface area contributed by atoms with Crippen LogP contribution in [0, 0.1) is 0 Å². The first-order chi connectivity index (χ1) is 7.27. The zero-order valence-electron chi connectivity index (χ0n) is 8.49. The number of urea groups is 1. The van der Waals surface area contributed by atoms with Crippen LogP contribution in [-0.4, -0.2) is 19.7 Å². The standard InChI is InChI=1S/C11H13N2O2/c1-12-11(15)13-10-7-3-2-5-9(10)6-4-8-14/h2-7H,8H2,1H3,(H2,12,13,15). The molecule has 1 aromatic carbocycles. The van der Waals surface area contributed by atoms with Gasteiger partial charge in [-0.1, -0.05) is 30.4 Å². The van der Waals surface area contributed by atoms with Crippen LogP contribution >= 0.6 is 0 Å². The van der Waals surface area contributed by atoms with Crippen molar-refractivity contribution in [2.45, 2.75) is 0 Å². The van der Waals surface area contributed by atoms with E-state index in [1.54, 1.807) is 19.2 Å². The van der Waals surface area contributed by atoms with Crippen LogP contribution in [0.3, 0.4) is 0 Å². The van der Waals surface area contributed by atoms with Crippen LogP contribution in [-0.2, 0) is 5.11 Å². The lowest BCUT2D eigenvalue weighted by atomic mass is 10.1. The number of rotatable bonds is 3. The molecule has 2 N–H and O–H groups in total. The highest BCUT2D eigenvalue weighted by atomic mass is 16.2. The molecule has 1 radical (unpaired) electrons. The van der Waals surface area contributed by atoms with E-state index >= 15 is 0 Å². The quantitative estimate of drug-likeness (QED) is 0.777. The van der Waals surface area contributed by atoms with E-state index < -0.39 is 0 Å². The normalized spacial score (nSPS) is 10.3. The van der Waals surface area contributed by atoms with Gasteiger partial charge in [0.15, 0.2) is 0 Å². The molecule has 0 atom stereocenters. The van der Waals surface area contributed by atoms with Crippen molar-refractivity contribution in [1.82, 2.24) is 5.32 Å². The van der Waals surface area contributed by atoms with Crippen molar-refractivity contribution < 1.29 is 9.90 Å². The third-order valence-corrected chi connectivity index (χ3v) is 1.83. The van der Waals surface area contributed by atoms with E-state index in [9.17, 15) is 9.90 Å². The van der Waals surface area contributed by atoms with Crippen LogP contribution in [0.4, 0.5) is 10.5 Å². The van der Waals surface area contributed by atoms with Gasteiger partial charge in [-0.15, -0.1) is 0 Å². The fraction of sp³-hybridized carbons (Fsp3) is 0.182. The van der Waals surface area contributed by atoms with Gasteiger partial charge in [0, 0.05) is 12.7 Å². The molecule has 1 rings (SSSR count). The molecule has 2 amide bonds. The summed E-state index contributed by atoms with van der Waals surface area (Å²) in [4.78, 5) is 11.1. The summed E-state index contributed by atoms with van der Waals surface area (Å²) in [5.41, 5.74) is 1.50. The van der Waals surface area contributed by atoms with Crippen LogP contribution < -0.4 is 10.6 Å². The Morgan fingerprint density at radius 3 is 2.80 bits per heavy atom. The molecule has 0 aliphatic carbocycles. The second-order valence-corrected chi connectivity index (χ2v) is 2.86. The number of carbonyl (C=O) groups excluding carboxylic acids is 1. The summed E-state index contributed by atoms with van der Waals surface area (Å²) in [6.45, 7) is -0.270. The van der Waals surface area contributed by atoms with Gasteiger partial charge in [0.1, 0.15) is 6.61 Å². The maximum atomic E-state index is 11.1. The first kappa shape index (κ1) is 11.3. The number of carbonyl (C=O) groups is 1. The zero-order chi connectivity index (χ0) is 11.1. The summed E-state index contributed by atoms with van der Waals surface area (Å²) >= 11 is 0. The minimum Gasteiger partial charge on any atom is -0.341 e. The van der Waals surface area contributed by atoms with Crippen LogP contribution in [0.1, 0.15) is 5.56 Å². The van der Waals surface area contributed by atoms with Gasteiger partial charge in [0.05, 0.1) is 0 Å². The maximum Gasteiger partial charge on any atom is 0.318 e. The van der Waals surface area contributed by atoms with Gasteiger partial charge >= 0.3 is 6.03 Å². The van der Waals surface area contributed by atoms with Crippen LogP contribution in [0.15, 0.2) is 30.3 Å². The van der Waals surface area contributed by atoms with Gasteiger partial charge in [0.2, 0.25) is 0 Å². The lowest BCUT2D eigenvalue weighted by Crippen LogP contribution is -2.24. The lowest BCUT2D eigenvalue weighted by Gasteiger charge is -2.07.